The zero-order valence-electron chi connectivity index (χ0n) is 10.9. The maximum absolute atomic E-state index is 10.3. The van der Waals surface area contributed by atoms with Crippen LogP contribution in [0, 0.1) is 0 Å². The van der Waals surface area contributed by atoms with Crippen LogP contribution in [0.1, 0.15) is 6.92 Å². The summed E-state index contributed by atoms with van der Waals surface area (Å²) in [6.07, 6.45) is 0. The lowest BCUT2D eigenvalue weighted by atomic mass is 10.1. The summed E-state index contributed by atoms with van der Waals surface area (Å²) < 4.78 is 2.08. The summed E-state index contributed by atoms with van der Waals surface area (Å²) >= 11 is 1.72. The van der Waals surface area contributed by atoms with Gasteiger partial charge < -0.3 is 9.67 Å². The van der Waals surface area contributed by atoms with E-state index < -0.39 is 0 Å². The van der Waals surface area contributed by atoms with Gasteiger partial charge in [0.05, 0.1) is 5.56 Å². The van der Waals surface area contributed by atoms with Crippen molar-refractivity contribution in [2.24, 2.45) is 0 Å². The lowest BCUT2D eigenvalue weighted by Crippen LogP contribution is -2.03. The predicted molar refractivity (Wildman–Crippen MR) is 79.9 cm³/mol. The number of fused-ring (bicyclic) bond motifs is 2. The van der Waals surface area contributed by atoms with Crippen LogP contribution in [0.15, 0.2) is 41.6 Å². The lowest BCUT2D eigenvalue weighted by Gasteiger charge is -2.08. The number of hydrogen-bond donors (Lipinski definition) is 1. The zero-order valence-corrected chi connectivity index (χ0v) is 11.8. The van der Waals surface area contributed by atoms with Gasteiger partial charge in [0.15, 0.2) is 11.0 Å². The fourth-order valence-electron chi connectivity index (χ4n) is 2.62. The molecular weight excluding hydrogens is 270 g/mol. The van der Waals surface area contributed by atoms with Gasteiger partial charge in [-0.25, -0.2) is 0 Å². The summed E-state index contributed by atoms with van der Waals surface area (Å²) in [5.41, 5.74) is 0.747. The van der Waals surface area contributed by atoms with Crippen molar-refractivity contribution in [3.05, 3.63) is 36.4 Å². The van der Waals surface area contributed by atoms with Crippen molar-refractivity contribution in [1.29, 1.82) is 0 Å². The van der Waals surface area contributed by atoms with Gasteiger partial charge in [0, 0.05) is 11.8 Å². The van der Waals surface area contributed by atoms with Crippen molar-refractivity contribution in [2.75, 3.05) is 0 Å². The third kappa shape index (κ3) is 1.70. The van der Waals surface area contributed by atoms with Gasteiger partial charge in [-0.2, -0.15) is 0 Å². The Morgan fingerprint density at radius 2 is 1.95 bits per heavy atom. The Balaban J connectivity index is 1.93. The van der Waals surface area contributed by atoms with Crippen LogP contribution >= 0.6 is 11.8 Å². The minimum atomic E-state index is 0.253. The molecule has 1 aromatic heterocycles. The van der Waals surface area contributed by atoms with Gasteiger partial charge in [-0.1, -0.05) is 43.0 Å². The molecule has 1 unspecified atom stereocenters. The largest absolute Gasteiger partial charge is 0.507 e. The molecule has 1 N–H and O–H groups in total. The van der Waals surface area contributed by atoms with Crippen molar-refractivity contribution >= 4 is 22.5 Å². The number of hydrogen-bond acceptors (Lipinski definition) is 4. The average molecular weight is 283 g/mol. The Kier molecular flexibility index (Phi) is 2.50. The number of rotatable bonds is 1. The normalized spacial score (nSPS) is 17.6. The summed E-state index contributed by atoms with van der Waals surface area (Å²) in [4.78, 5) is 0. The SMILES string of the molecule is CC1Cn2c(nnc2-c2cc3ccccc3cc2O)S1. The minimum Gasteiger partial charge on any atom is -0.507 e. The molecule has 2 heterocycles. The lowest BCUT2D eigenvalue weighted by molar-refractivity contribution is 0.477. The number of aromatic nitrogens is 3. The monoisotopic (exact) mass is 283 g/mol. The Morgan fingerprint density at radius 3 is 2.75 bits per heavy atom. The van der Waals surface area contributed by atoms with Crippen LogP contribution in [0.25, 0.3) is 22.2 Å². The Hall–Kier alpha value is -2.01. The quantitative estimate of drug-likeness (QED) is 0.744. The van der Waals surface area contributed by atoms with Gasteiger partial charge in [-0.15, -0.1) is 10.2 Å². The van der Waals surface area contributed by atoms with E-state index in [1.54, 1.807) is 17.8 Å². The molecule has 0 saturated heterocycles. The molecular formula is C15H13N3OS. The smallest absolute Gasteiger partial charge is 0.191 e. The third-order valence-corrected chi connectivity index (χ3v) is 4.63. The fourth-order valence-corrected chi connectivity index (χ4v) is 3.58. The van der Waals surface area contributed by atoms with Gasteiger partial charge in [0.25, 0.3) is 0 Å². The van der Waals surface area contributed by atoms with E-state index in [1.807, 2.05) is 30.3 Å². The summed E-state index contributed by atoms with van der Waals surface area (Å²) in [5, 5.41) is 22.3. The van der Waals surface area contributed by atoms with E-state index in [4.69, 9.17) is 0 Å². The molecule has 2 aromatic carbocycles. The Morgan fingerprint density at radius 1 is 1.20 bits per heavy atom. The van der Waals surface area contributed by atoms with Gasteiger partial charge in [-0.05, 0) is 22.9 Å². The van der Waals surface area contributed by atoms with Crippen LogP contribution in [0.5, 0.6) is 5.75 Å². The van der Waals surface area contributed by atoms with Crippen LogP contribution in [0.4, 0.5) is 0 Å². The molecule has 0 aliphatic carbocycles. The van der Waals surface area contributed by atoms with Crippen molar-refractivity contribution in [3.63, 3.8) is 0 Å². The highest BCUT2D eigenvalue weighted by molar-refractivity contribution is 7.99. The first-order valence-corrected chi connectivity index (χ1v) is 7.42. The molecule has 4 rings (SSSR count). The second kappa shape index (κ2) is 4.24. The number of phenolic OH excluding ortho intramolecular Hbond substituents is 1. The first-order chi connectivity index (χ1) is 9.72. The van der Waals surface area contributed by atoms with Crippen LogP contribution in [0.3, 0.4) is 0 Å². The third-order valence-electron chi connectivity index (χ3n) is 3.57. The van der Waals surface area contributed by atoms with Gasteiger partial charge in [-0.3, -0.25) is 0 Å². The van der Waals surface area contributed by atoms with E-state index in [0.717, 1.165) is 33.9 Å². The Bertz CT molecular complexity index is 812. The number of benzene rings is 2. The van der Waals surface area contributed by atoms with Crippen LogP contribution < -0.4 is 0 Å². The summed E-state index contributed by atoms with van der Waals surface area (Å²) in [6, 6.07) is 11.8. The first kappa shape index (κ1) is 11.8. The summed E-state index contributed by atoms with van der Waals surface area (Å²) in [5.74, 6) is 1.00. The average Bonchev–Trinajstić information content (AvgIpc) is 2.97. The van der Waals surface area contributed by atoms with Gasteiger partial charge in [0.1, 0.15) is 5.75 Å². The Labute approximate surface area is 120 Å². The number of nitrogens with zero attached hydrogens (tertiary/aromatic N) is 3. The minimum absolute atomic E-state index is 0.253. The molecule has 0 fully saturated rings. The molecule has 5 heteroatoms. The maximum Gasteiger partial charge on any atom is 0.191 e. The van der Waals surface area contributed by atoms with Gasteiger partial charge in [0.2, 0.25) is 0 Å². The highest BCUT2D eigenvalue weighted by Gasteiger charge is 2.25. The molecule has 20 heavy (non-hydrogen) atoms. The van der Waals surface area contributed by atoms with Crippen LogP contribution in [0.2, 0.25) is 0 Å². The highest BCUT2D eigenvalue weighted by Crippen LogP contribution is 2.38. The zero-order chi connectivity index (χ0) is 13.7. The number of thioether (sulfide) groups is 1. The molecule has 0 saturated carbocycles. The number of aromatic hydroxyl groups is 1. The van der Waals surface area contributed by atoms with Crippen molar-refractivity contribution in [1.82, 2.24) is 14.8 Å². The van der Waals surface area contributed by atoms with Crippen LogP contribution in [-0.4, -0.2) is 25.1 Å². The topological polar surface area (TPSA) is 50.9 Å². The molecule has 0 radical (unpaired) electrons. The van der Waals surface area contributed by atoms with Crippen molar-refractivity contribution in [3.8, 4) is 17.1 Å². The van der Waals surface area contributed by atoms with Crippen molar-refractivity contribution < 1.29 is 5.11 Å². The first-order valence-electron chi connectivity index (χ1n) is 6.54. The van der Waals surface area contributed by atoms with Crippen molar-refractivity contribution in [2.45, 2.75) is 23.9 Å². The fraction of sp³-hybridized carbons (Fsp3) is 0.200. The molecule has 1 aliphatic heterocycles. The number of phenols is 1. The molecule has 3 aromatic rings. The maximum atomic E-state index is 10.3. The highest BCUT2D eigenvalue weighted by atomic mass is 32.2. The molecule has 0 amide bonds. The van der Waals surface area contributed by atoms with Gasteiger partial charge >= 0.3 is 0 Å². The molecule has 0 spiro atoms. The summed E-state index contributed by atoms with van der Waals surface area (Å²) in [6.45, 7) is 3.05. The molecule has 0 bridgehead atoms. The van der Waals surface area contributed by atoms with E-state index in [1.165, 1.54) is 0 Å². The van der Waals surface area contributed by atoms with E-state index in [2.05, 4.69) is 21.7 Å². The molecule has 1 aliphatic rings. The van der Waals surface area contributed by atoms with E-state index in [9.17, 15) is 5.11 Å². The molecule has 1 atom stereocenters. The molecule has 100 valence electrons. The second-order valence-electron chi connectivity index (χ2n) is 5.06. The predicted octanol–water partition coefficient (Wildman–Crippen LogP) is 3.30. The van der Waals surface area contributed by atoms with E-state index in [0.29, 0.717) is 5.25 Å². The second-order valence-corrected chi connectivity index (χ2v) is 6.47. The van der Waals surface area contributed by atoms with E-state index in [-0.39, 0.29) is 5.75 Å². The van der Waals surface area contributed by atoms with E-state index >= 15 is 0 Å². The summed E-state index contributed by atoms with van der Waals surface area (Å²) in [7, 11) is 0. The molecule has 4 nitrogen and oxygen atoms in total. The van der Waals surface area contributed by atoms with Crippen LogP contribution in [-0.2, 0) is 6.54 Å². The standard InChI is InChI=1S/C15H13N3OS/c1-9-8-18-14(16-17-15(18)20-9)12-6-10-4-2-3-5-11(10)7-13(12)19/h2-7,9,19H,8H2,1H3.